The van der Waals surface area contributed by atoms with Crippen LogP contribution in [-0.2, 0) is 12.7 Å². The Morgan fingerprint density at radius 3 is 2.74 bits per heavy atom. The zero-order valence-electron chi connectivity index (χ0n) is 9.86. The first-order valence-corrected chi connectivity index (χ1v) is 6.99. The molecule has 0 saturated carbocycles. The van der Waals surface area contributed by atoms with E-state index in [9.17, 15) is 13.2 Å². The SMILES string of the molecule is CNCc1ccc(Sc2nncs2)c(C(F)(F)F)c1. The number of benzene rings is 1. The van der Waals surface area contributed by atoms with Crippen LogP contribution in [-0.4, -0.2) is 17.2 Å². The lowest BCUT2D eigenvalue weighted by atomic mass is 10.1. The summed E-state index contributed by atoms with van der Waals surface area (Å²) in [5.74, 6) is 0. The lowest BCUT2D eigenvalue weighted by Gasteiger charge is -2.13. The summed E-state index contributed by atoms with van der Waals surface area (Å²) in [7, 11) is 1.69. The third-order valence-electron chi connectivity index (χ3n) is 2.27. The van der Waals surface area contributed by atoms with Gasteiger partial charge in [0.1, 0.15) is 5.51 Å². The van der Waals surface area contributed by atoms with Crippen molar-refractivity contribution in [3.8, 4) is 0 Å². The van der Waals surface area contributed by atoms with Gasteiger partial charge in [0.25, 0.3) is 0 Å². The van der Waals surface area contributed by atoms with E-state index in [2.05, 4.69) is 15.5 Å². The van der Waals surface area contributed by atoms with E-state index >= 15 is 0 Å². The van der Waals surface area contributed by atoms with Crippen molar-refractivity contribution < 1.29 is 13.2 Å². The minimum atomic E-state index is -4.38. The zero-order chi connectivity index (χ0) is 13.9. The van der Waals surface area contributed by atoms with Crippen LogP contribution in [0.1, 0.15) is 11.1 Å². The van der Waals surface area contributed by atoms with Gasteiger partial charge in [0.2, 0.25) is 0 Å². The maximum absolute atomic E-state index is 13.0. The molecule has 1 aromatic carbocycles. The Morgan fingerprint density at radius 1 is 1.37 bits per heavy atom. The van der Waals surface area contributed by atoms with Gasteiger partial charge >= 0.3 is 6.18 Å². The van der Waals surface area contributed by atoms with E-state index in [0.29, 0.717) is 16.4 Å². The van der Waals surface area contributed by atoms with Crippen molar-refractivity contribution >= 4 is 23.1 Å². The summed E-state index contributed by atoms with van der Waals surface area (Å²) < 4.78 is 39.6. The van der Waals surface area contributed by atoms with Crippen molar-refractivity contribution in [3.05, 3.63) is 34.8 Å². The summed E-state index contributed by atoms with van der Waals surface area (Å²) in [6.45, 7) is 0.396. The lowest BCUT2D eigenvalue weighted by Crippen LogP contribution is -2.10. The van der Waals surface area contributed by atoms with Crippen LogP contribution in [0.5, 0.6) is 0 Å². The van der Waals surface area contributed by atoms with Gasteiger partial charge in [0.15, 0.2) is 4.34 Å². The average Bonchev–Trinajstić information content (AvgIpc) is 2.83. The van der Waals surface area contributed by atoms with E-state index in [-0.39, 0.29) is 4.90 Å². The van der Waals surface area contributed by atoms with Gasteiger partial charge in [-0.05, 0) is 24.7 Å². The molecule has 1 heterocycles. The van der Waals surface area contributed by atoms with Crippen molar-refractivity contribution in [2.45, 2.75) is 22.0 Å². The number of hydrogen-bond donors (Lipinski definition) is 1. The molecule has 19 heavy (non-hydrogen) atoms. The fourth-order valence-corrected chi connectivity index (χ4v) is 3.07. The number of nitrogens with zero attached hydrogens (tertiary/aromatic N) is 2. The highest BCUT2D eigenvalue weighted by Crippen LogP contribution is 2.40. The van der Waals surface area contributed by atoms with Gasteiger partial charge in [-0.1, -0.05) is 29.2 Å². The fourth-order valence-electron chi connectivity index (χ4n) is 1.50. The summed E-state index contributed by atoms with van der Waals surface area (Å²) in [5, 5.41) is 10.2. The molecule has 0 bridgehead atoms. The Morgan fingerprint density at radius 2 is 2.16 bits per heavy atom. The van der Waals surface area contributed by atoms with Crippen LogP contribution in [0.3, 0.4) is 0 Å². The van der Waals surface area contributed by atoms with Crippen molar-refractivity contribution in [3.63, 3.8) is 0 Å². The molecule has 3 nitrogen and oxygen atoms in total. The molecule has 1 aromatic heterocycles. The smallest absolute Gasteiger partial charge is 0.316 e. The molecule has 8 heteroatoms. The highest BCUT2D eigenvalue weighted by molar-refractivity contribution is 8.01. The van der Waals surface area contributed by atoms with E-state index < -0.39 is 11.7 Å². The standard InChI is InChI=1S/C11H10F3N3S2/c1-15-5-7-2-3-9(8(4-7)11(12,13)14)19-10-17-16-6-18-10/h2-4,6,15H,5H2,1H3. The van der Waals surface area contributed by atoms with E-state index in [0.717, 1.165) is 11.8 Å². The lowest BCUT2D eigenvalue weighted by molar-refractivity contribution is -0.139. The highest BCUT2D eigenvalue weighted by atomic mass is 32.2. The molecule has 2 rings (SSSR count). The maximum Gasteiger partial charge on any atom is 0.417 e. The molecule has 0 radical (unpaired) electrons. The molecule has 2 aromatic rings. The average molecular weight is 305 g/mol. The van der Waals surface area contributed by atoms with E-state index in [1.807, 2.05) is 0 Å². The predicted molar refractivity (Wildman–Crippen MR) is 68.2 cm³/mol. The Labute approximate surface area is 116 Å². The third-order valence-corrected chi connectivity index (χ3v) is 4.12. The van der Waals surface area contributed by atoms with Crippen molar-refractivity contribution in [2.24, 2.45) is 0 Å². The largest absolute Gasteiger partial charge is 0.417 e. The van der Waals surface area contributed by atoms with Gasteiger partial charge in [-0.2, -0.15) is 13.2 Å². The van der Waals surface area contributed by atoms with Gasteiger partial charge < -0.3 is 5.32 Å². The summed E-state index contributed by atoms with van der Waals surface area (Å²) in [4.78, 5) is 0.143. The van der Waals surface area contributed by atoms with Crippen LogP contribution in [0, 0.1) is 0 Å². The van der Waals surface area contributed by atoms with Crippen LogP contribution in [0.2, 0.25) is 0 Å². The second kappa shape index (κ2) is 5.89. The Hall–Kier alpha value is -1.12. The molecule has 0 amide bonds. The van der Waals surface area contributed by atoms with E-state index in [1.54, 1.807) is 13.1 Å². The van der Waals surface area contributed by atoms with E-state index in [1.165, 1.54) is 29.0 Å². The molecule has 0 fully saturated rings. The highest BCUT2D eigenvalue weighted by Gasteiger charge is 2.34. The van der Waals surface area contributed by atoms with Crippen molar-refractivity contribution in [1.82, 2.24) is 15.5 Å². The number of rotatable bonds is 4. The first kappa shape index (κ1) is 14.3. The van der Waals surface area contributed by atoms with Crippen LogP contribution >= 0.6 is 23.1 Å². The Bertz CT molecular complexity index is 541. The first-order chi connectivity index (χ1) is 9.00. The number of hydrogen-bond acceptors (Lipinski definition) is 5. The van der Waals surface area contributed by atoms with Crippen LogP contribution < -0.4 is 5.32 Å². The molecule has 0 aliphatic rings. The Balaban J connectivity index is 2.36. The number of alkyl halides is 3. The molecular formula is C11H10F3N3S2. The quantitative estimate of drug-likeness (QED) is 0.939. The molecule has 0 atom stereocenters. The molecular weight excluding hydrogens is 295 g/mol. The summed E-state index contributed by atoms with van der Waals surface area (Å²) in [6.07, 6.45) is -4.38. The minimum Gasteiger partial charge on any atom is -0.316 e. The van der Waals surface area contributed by atoms with Crippen LogP contribution in [0.15, 0.2) is 32.9 Å². The summed E-state index contributed by atoms with van der Waals surface area (Å²) in [6, 6.07) is 4.32. The molecule has 0 saturated heterocycles. The topological polar surface area (TPSA) is 37.8 Å². The second-order valence-electron chi connectivity index (χ2n) is 3.67. The van der Waals surface area contributed by atoms with Crippen LogP contribution in [0.4, 0.5) is 13.2 Å². The van der Waals surface area contributed by atoms with Gasteiger partial charge in [-0.25, -0.2) is 0 Å². The number of nitrogens with one attached hydrogen (secondary N) is 1. The van der Waals surface area contributed by atoms with Crippen molar-refractivity contribution in [2.75, 3.05) is 7.05 Å². The summed E-state index contributed by atoms with van der Waals surface area (Å²) >= 11 is 2.19. The number of halogens is 3. The molecule has 0 aliphatic carbocycles. The number of aromatic nitrogens is 2. The molecule has 0 spiro atoms. The molecule has 0 aliphatic heterocycles. The Kier molecular flexibility index (Phi) is 4.43. The first-order valence-electron chi connectivity index (χ1n) is 5.29. The van der Waals surface area contributed by atoms with Gasteiger partial charge in [0.05, 0.1) is 5.56 Å². The zero-order valence-corrected chi connectivity index (χ0v) is 11.5. The third kappa shape index (κ3) is 3.68. The van der Waals surface area contributed by atoms with Gasteiger partial charge in [-0.15, -0.1) is 10.2 Å². The maximum atomic E-state index is 13.0. The van der Waals surface area contributed by atoms with Gasteiger partial charge in [0, 0.05) is 11.4 Å². The van der Waals surface area contributed by atoms with Gasteiger partial charge in [-0.3, -0.25) is 0 Å². The van der Waals surface area contributed by atoms with E-state index in [4.69, 9.17) is 0 Å². The molecule has 0 unspecified atom stereocenters. The fraction of sp³-hybridized carbons (Fsp3) is 0.273. The van der Waals surface area contributed by atoms with Crippen molar-refractivity contribution in [1.29, 1.82) is 0 Å². The molecule has 102 valence electrons. The molecule has 1 N–H and O–H groups in total. The normalized spacial score (nSPS) is 11.8. The van der Waals surface area contributed by atoms with Crippen LogP contribution in [0.25, 0.3) is 0 Å². The second-order valence-corrected chi connectivity index (χ2v) is 5.79. The minimum absolute atomic E-state index is 0.143. The summed E-state index contributed by atoms with van der Waals surface area (Å²) in [5.41, 5.74) is 1.45. The monoisotopic (exact) mass is 305 g/mol. The predicted octanol–water partition coefficient (Wildman–Crippen LogP) is 3.43.